The fourth-order valence-electron chi connectivity index (χ4n) is 2.85. The van der Waals surface area contributed by atoms with Gasteiger partial charge >= 0.3 is 0 Å². The summed E-state index contributed by atoms with van der Waals surface area (Å²) in [6.45, 7) is 3.95. The molecule has 0 bridgehead atoms. The van der Waals surface area contributed by atoms with E-state index in [1.165, 1.54) is 11.8 Å². The summed E-state index contributed by atoms with van der Waals surface area (Å²) in [5.74, 6) is 2.11. The van der Waals surface area contributed by atoms with Crippen molar-refractivity contribution < 1.29 is 9.47 Å². The molecular weight excluding hydrogens is 384 g/mol. The number of methoxy groups -OCH3 is 2. The Bertz CT molecular complexity index is 1030. The average molecular weight is 405 g/mol. The van der Waals surface area contributed by atoms with Crippen LogP contribution in [0.1, 0.15) is 25.5 Å². The summed E-state index contributed by atoms with van der Waals surface area (Å²) in [7, 11) is 3.26. The molecule has 7 heteroatoms. The summed E-state index contributed by atoms with van der Waals surface area (Å²) < 4.78 is 12.5. The number of hydrogen-bond acceptors (Lipinski definition) is 5. The Hall–Kier alpha value is -2.18. The topological polar surface area (TPSA) is 53.4 Å². The zero-order valence-corrected chi connectivity index (χ0v) is 17.2. The number of rotatable bonds is 6. The summed E-state index contributed by atoms with van der Waals surface area (Å²) in [6.07, 6.45) is 0. The molecule has 1 aromatic heterocycles. The van der Waals surface area contributed by atoms with Crippen molar-refractivity contribution in [3.63, 3.8) is 0 Å². The summed E-state index contributed by atoms with van der Waals surface area (Å²) >= 11 is 7.57. The second kappa shape index (κ2) is 8.23. The predicted octanol–water partition coefficient (Wildman–Crippen LogP) is 4.94. The molecule has 2 aromatic carbocycles. The third kappa shape index (κ3) is 4.06. The van der Waals surface area contributed by atoms with Gasteiger partial charge in [0.15, 0.2) is 5.16 Å². The smallest absolute Gasteiger partial charge is 0.262 e. The summed E-state index contributed by atoms with van der Waals surface area (Å²) in [4.78, 5) is 17.7. The van der Waals surface area contributed by atoms with Crippen LogP contribution in [0.15, 0.2) is 46.3 Å². The van der Waals surface area contributed by atoms with Crippen LogP contribution in [0, 0.1) is 0 Å². The number of thioether (sulfide) groups is 1. The van der Waals surface area contributed by atoms with Crippen molar-refractivity contribution in [2.75, 3.05) is 14.2 Å². The fraction of sp³-hybridized carbons (Fsp3) is 0.300. The van der Waals surface area contributed by atoms with Gasteiger partial charge in [-0.1, -0.05) is 23.4 Å². The zero-order chi connectivity index (χ0) is 19.6. The van der Waals surface area contributed by atoms with Gasteiger partial charge in [0.05, 0.1) is 25.1 Å². The quantitative estimate of drug-likeness (QED) is 0.430. The Balaban J connectivity index is 2.04. The number of nitrogens with zero attached hydrogens (tertiary/aromatic N) is 2. The van der Waals surface area contributed by atoms with E-state index < -0.39 is 0 Å². The normalized spacial score (nSPS) is 11.2. The molecule has 3 rings (SSSR count). The molecule has 0 N–H and O–H groups in total. The maximum absolute atomic E-state index is 13.0. The van der Waals surface area contributed by atoms with Crippen molar-refractivity contribution in [3.05, 3.63) is 57.3 Å². The molecule has 0 spiro atoms. The number of fused-ring (bicyclic) bond motifs is 1. The highest BCUT2D eigenvalue weighted by molar-refractivity contribution is 7.98. The number of benzene rings is 2. The van der Waals surface area contributed by atoms with Crippen LogP contribution in [0.4, 0.5) is 0 Å². The first-order chi connectivity index (χ1) is 12.9. The highest BCUT2D eigenvalue weighted by Crippen LogP contribution is 2.31. The van der Waals surface area contributed by atoms with Gasteiger partial charge in [-0.2, -0.15) is 0 Å². The molecule has 0 saturated heterocycles. The van der Waals surface area contributed by atoms with Gasteiger partial charge in [-0.25, -0.2) is 4.98 Å². The predicted molar refractivity (Wildman–Crippen MR) is 111 cm³/mol. The number of halogens is 1. The van der Waals surface area contributed by atoms with Crippen LogP contribution in [0.3, 0.4) is 0 Å². The van der Waals surface area contributed by atoms with E-state index in [1.54, 1.807) is 37.0 Å². The van der Waals surface area contributed by atoms with Crippen LogP contribution >= 0.6 is 23.4 Å². The molecule has 0 aliphatic heterocycles. The molecule has 3 aromatic rings. The SMILES string of the molecule is COc1ccc(OC)c(CSc2nc3cc(Cl)ccc3c(=O)n2C(C)C)c1. The van der Waals surface area contributed by atoms with E-state index in [-0.39, 0.29) is 11.6 Å². The Morgan fingerprint density at radius 1 is 1.15 bits per heavy atom. The monoisotopic (exact) mass is 404 g/mol. The number of ether oxygens (including phenoxy) is 2. The maximum atomic E-state index is 13.0. The molecule has 0 aliphatic rings. The van der Waals surface area contributed by atoms with Crippen LogP contribution in [-0.2, 0) is 5.75 Å². The molecule has 0 unspecified atom stereocenters. The highest BCUT2D eigenvalue weighted by atomic mass is 35.5. The second-order valence-electron chi connectivity index (χ2n) is 6.29. The molecule has 27 heavy (non-hydrogen) atoms. The highest BCUT2D eigenvalue weighted by Gasteiger charge is 2.15. The minimum absolute atomic E-state index is 0.0141. The molecule has 1 heterocycles. The third-order valence-electron chi connectivity index (χ3n) is 4.19. The van der Waals surface area contributed by atoms with Gasteiger partial charge in [0.1, 0.15) is 11.5 Å². The summed E-state index contributed by atoms with van der Waals surface area (Å²) in [6, 6.07) is 10.8. The Kier molecular flexibility index (Phi) is 5.97. The minimum atomic E-state index is -0.0632. The van der Waals surface area contributed by atoms with E-state index in [1.807, 2.05) is 32.0 Å². The van der Waals surface area contributed by atoms with Crippen LogP contribution < -0.4 is 15.0 Å². The van der Waals surface area contributed by atoms with Crippen molar-refractivity contribution in [3.8, 4) is 11.5 Å². The maximum Gasteiger partial charge on any atom is 0.262 e. The molecule has 0 atom stereocenters. The van der Waals surface area contributed by atoms with Crippen LogP contribution in [0.2, 0.25) is 5.02 Å². The van der Waals surface area contributed by atoms with E-state index >= 15 is 0 Å². The molecular formula is C20H21ClN2O3S. The van der Waals surface area contributed by atoms with Gasteiger partial charge in [0.2, 0.25) is 0 Å². The molecule has 0 radical (unpaired) electrons. The van der Waals surface area contributed by atoms with Gasteiger partial charge < -0.3 is 9.47 Å². The van der Waals surface area contributed by atoms with Gasteiger partial charge in [-0.15, -0.1) is 0 Å². The molecule has 0 amide bonds. The number of aromatic nitrogens is 2. The van der Waals surface area contributed by atoms with E-state index in [0.717, 1.165) is 17.1 Å². The first-order valence-corrected chi connectivity index (χ1v) is 9.86. The molecule has 5 nitrogen and oxygen atoms in total. The number of hydrogen-bond donors (Lipinski definition) is 0. The van der Waals surface area contributed by atoms with Crippen LogP contribution in [0.25, 0.3) is 10.9 Å². The molecule has 142 valence electrons. The van der Waals surface area contributed by atoms with Crippen molar-refractivity contribution in [1.29, 1.82) is 0 Å². The zero-order valence-electron chi connectivity index (χ0n) is 15.7. The average Bonchev–Trinajstić information content (AvgIpc) is 2.65. The standard InChI is InChI=1S/C20H21ClN2O3S/c1-12(2)23-19(24)16-7-5-14(21)10-17(16)22-20(23)27-11-13-9-15(25-3)6-8-18(13)26-4/h5-10,12H,11H2,1-4H3. The first-order valence-electron chi connectivity index (χ1n) is 8.50. The van der Waals surface area contributed by atoms with E-state index in [2.05, 4.69) is 0 Å². The fourth-order valence-corrected chi connectivity index (χ4v) is 4.12. The third-order valence-corrected chi connectivity index (χ3v) is 5.43. The van der Waals surface area contributed by atoms with Gasteiger partial charge in [-0.3, -0.25) is 9.36 Å². The van der Waals surface area contributed by atoms with E-state index in [0.29, 0.717) is 26.8 Å². The lowest BCUT2D eigenvalue weighted by molar-refractivity contribution is 0.400. The van der Waals surface area contributed by atoms with Crippen molar-refractivity contribution in [2.45, 2.75) is 30.8 Å². The van der Waals surface area contributed by atoms with Gasteiger partial charge in [-0.05, 0) is 50.2 Å². The van der Waals surface area contributed by atoms with Gasteiger partial charge in [0.25, 0.3) is 5.56 Å². The lowest BCUT2D eigenvalue weighted by atomic mass is 10.2. The molecule has 0 aliphatic carbocycles. The van der Waals surface area contributed by atoms with Crippen LogP contribution in [-0.4, -0.2) is 23.8 Å². The summed E-state index contributed by atoms with van der Waals surface area (Å²) in [5.41, 5.74) is 1.51. The Morgan fingerprint density at radius 2 is 1.93 bits per heavy atom. The molecule has 0 saturated carbocycles. The largest absolute Gasteiger partial charge is 0.497 e. The lowest BCUT2D eigenvalue weighted by Crippen LogP contribution is -2.25. The Morgan fingerprint density at radius 3 is 2.59 bits per heavy atom. The summed E-state index contributed by atoms with van der Waals surface area (Å²) in [5, 5.41) is 1.77. The lowest BCUT2D eigenvalue weighted by Gasteiger charge is -2.17. The van der Waals surface area contributed by atoms with Crippen molar-refractivity contribution in [1.82, 2.24) is 9.55 Å². The molecule has 0 fully saturated rings. The van der Waals surface area contributed by atoms with Crippen LogP contribution in [0.5, 0.6) is 11.5 Å². The first kappa shape index (κ1) is 19.6. The minimum Gasteiger partial charge on any atom is -0.497 e. The van der Waals surface area contributed by atoms with E-state index in [9.17, 15) is 4.79 Å². The Labute approximate surface area is 167 Å². The van der Waals surface area contributed by atoms with Gasteiger partial charge in [0, 0.05) is 22.4 Å². The van der Waals surface area contributed by atoms with Crippen molar-refractivity contribution in [2.24, 2.45) is 0 Å². The van der Waals surface area contributed by atoms with Crippen molar-refractivity contribution >= 4 is 34.3 Å². The second-order valence-corrected chi connectivity index (χ2v) is 7.67. The van der Waals surface area contributed by atoms with E-state index in [4.69, 9.17) is 26.1 Å².